The van der Waals surface area contributed by atoms with Crippen LogP contribution in [0.1, 0.15) is 26.7 Å². The average Bonchev–Trinajstić information content (AvgIpc) is 2.69. The Balaban J connectivity index is 1.86. The molecule has 0 saturated heterocycles. The highest BCUT2D eigenvalue weighted by atomic mass is 19.1. The molecular formula is C20H17FN4O3. The minimum Gasteiger partial charge on any atom is -0.465 e. The van der Waals surface area contributed by atoms with E-state index in [-0.39, 0.29) is 22.8 Å². The summed E-state index contributed by atoms with van der Waals surface area (Å²) < 4.78 is 18.6. The third kappa shape index (κ3) is 4.29. The van der Waals surface area contributed by atoms with E-state index >= 15 is 0 Å². The van der Waals surface area contributed by atoms with E-state index in [9.17, 15) is 14.0 Å². The molecule has 1 heterocycles. The smallest absolute Gasteiger partial charge is 0.339 e. The van der Waals surface area contributed by atoms with Gasteiger partial charge in [0.1, 0.15) is 23.2 Å². The second kappa shape index (κ2) is 8.26. The number of halogens is 1. The molecule has 1 aromatic heterocycles. The van der Waals surface area contributed by atoms with Crippen LogP contribution in [-0.2, 0) is 4.74 Å². The van der Waals surface area contributed by atoms with Crippen LogP contribution in [0.2, 0.25) is 0 Å². The van der Waals surface area contributed by atoms with Gasteiger partial charge in [0, 0.05) is 6.07 Å². The van der Waals surface area contributed by atoms with Crippen molar-refractivity contribution >= 4 is 29.1 Å². The predicted octanol–water partition coefficient (Wildman–Crippen LogP) is 3.71. The Morgan fingerprint density at radius 3 is 2.39 bits per heavy atom. The number of hydrogen-bond donors (Lipinski definition) is 2. The van der Waals surface area contributed by atoms with Crippen molar-refractivity contribution in [2.24, 2.45) is 0 Å². The maximum absolute atomic E-state index is 13.8. The Hall–Kier alpha value is -3.81. The molecule has 0 bridgehead atoms. The quantitative estimate of drug-likeness (QED) is 0.656. The molecule has 8 heteroatoms. The fourth-order valence-electron chi connectivity index (χ4n) is 2.52. The summed E-state index contributed by atoms with van der Waals surface area (Å²) >= 11 is 0. The highest BCUT2D eigenvalue weighted by molar-refractivity contribution is 6.07. The molecule has 142 valence electrons. The topological polar surface area (TPSA) is 93.2 Å². The Morgan fingerprint density at radius 2 is 1.68 bits per heavy atom. The van der Waals surface area contributed by atoms with Gasteiger partial charge in [0.2, 0.25) is 0 Å². The Kier molecular flexibility index (Phi) is 5.59. The number of rotatable bonds is 5. The molecule has 0 atom stereocenters. The average molecular weight is 380 g/mol. The summed E-state index contributed by atoms with van der Waals surface area (Å²) in [5, 5.41) is 5.47. The zero-order chi connectivity index (χ0) is 20.1. The zero-order valence-electron chi connectivity index (χ0n) is 15.2. The lowest BCUT2D eigenvalue weighted by Crippen LogP contribution is -2.17. The molecular weight excluding hydrogens is 363 g/mol. The van der Waals surface area contributed by atoms with E-state index < -0.39 is 17.7 Å². The first-order chi connectivity index (χ1) is 13.5. The van der Waals surface area contributed by atoms with E-state index in [1.807, 2.05) is 0 Å². The van der Waals surface area contributed by atoms with Crippen LogP contribution in [0.4, 0.5) is 21.6 Å². The summed E-state index contributed by atoms with van der Waals surface area (Å²) in [5.74, 6) is -0.969. The van der Waals surface area contributed by atoms with Gasteiger partial charge in [0.05, 0.1) is 24.0 Å². The summed E-state index contributed by atoms with van der Waals surface area (Å²) in [6.07, 6.45) is 0. The lowest BCUT2D eigenvalue weighted by atomic mass is 10.1. The molecule has 7 nitrogen and oxygen atoms in total. The number of amides is 1. The van der Waals surface area contributed by atoms with Gasteiger partial charge < -0.3 is 15.4 Å². The lowest BCUT2D eigenvalue weighted by Gasteiger charge is -2.11. The van der Waals surface area contributed by atoms with Crippen LogP contribution in [0.5, 0.6) is 0 Å². The van der Waals surface area contributed by atoms with Crippen LogP contribution in [0.15, 0.2) is 54.6 Å². The molecule has 0 unspecified atom stereocenters. The largest absolute Gasteiger partial charge is 0.465 e. The van der Waals surface area contributed by atoms with Gasteiger partial charge in [0.25, 0.3) is 5.91 Å². The summed E-state index contributed by atoms with van der Waals surface area (Å²) in [5.41, 5.74) is 0.794. The van der Waals surface area contributed by atoms with Crippen molar-refractivity contribution in [3.05, 3.63) is 77.5 Å². The minimum absolute atomic E-state index is 0.0611. The van der Waals surface area contributed by atoms with Crippen molar-refractivity contribution in [3.8, 4) is 0 Å². The van der Waals surface area contributed by atoms with Gasteiger partial charge in [-0.1, -0.05) is 24.3 Å². The second-order valence-electron chi connectivity index (χ2n) is 5.78. The van der Waals surface area contributed by atoms with E-state index in [0.29, 0.717) is 11.5 Å². The van der Waals surface area contributed by atoms with Crippen molar-refractivity contribution in [1.29, 1.82) is 0 Å². The highest BCUT2D eigenvalue weighted by Gasteiger charge is 2.16. The summed E-state index contributed by atoms with van der Waals surface area (Å²) in [7, 11) is 1.26. The lowest BCUT2D eigenvalue weighted by molar-refractivity contribution is 0.0602. The van der Waals surface area contributed by atoms with Crippen molar-refractivity contribution in [3.63, 3.8) is 0 Å². The number of carbonyl (C=O) groups is 2. The highest BCUT2D eigenvalue weighted by Crippen LogP contribution is 2.20. The van der Waals surface area contributed by atoms with Crippen LogP contribution in [0.3, 0.4) is 0 Å². The molecule has 0 fully saturated rings. The molecule has 3 aromatic rings. The number of aromatic nitrogens is 2. The molecule has 0 aliphatic heterocycles. The first-order valence-electron chi connectivity index (χ1n) is 8.34. The van der Waals surface area contributed by atoms with Gasteiger partial charge in [-0.15, -0.1) is 0 Å². The number of esters is 1. The molecule has 0 saturated carbocycles. The van der Waals surface area contributed by atoms with Crippen molar-refractivity contribution in [2.75, 3.05) is 17.7 Å². The number of para-hydroxylation sites is 2. The number of nitrogens with one attached hydrogen (secondary N) is 2. The summed E-state index contributed by atoms with van der Waals surface area (Å²) in [6, 6.07) is 14.0. The summed E-state index contributed by atoms with van der Waals surface area (Å²) in [4.78, 5) is 32.8. The van der Waals surface area contributed by atoms with Crippen LogP contribution in [0, 0.1) is 12.7 Å². The standard InChI is InChI=1S/C20H17FN4O3/c1-12-22-17(11-18(23-12)24-16-10-6-4-8-14(16)21)19(26)25-15-9-5-3-7-13(15)20(27)28-2/h3-11H,1-2H3,(H,25,26)(H,22,23,24). The number of aryl methyl sites for hydroxylation is 1. The van der Waals surface area contributed by atoms with Crippen LogP contribution >= 0.6 is 0 Å². The van der Waals surface area contributed by atoms with Crippen molar-refractivity contribution in [1.82, 2.24) is 9.97 Å². The first-order valence-corrected chi connectivity index (χ1v) is 8.34. The van der Waals surface area contributed by atoms with Gasteiger partial charge >= 0.3 is 5.97 Å². The normalized spacial score (nSPS) is 10.2. The maximum Gasteiger partial charge on any atom is 0.339 e. The van der Waals surface area contributed by atoms with Gasteiger partial charge in [-0.05, 0) is 31.2 Å². The molecule has 0 aliphatic carbocycles. The molecule has 2 aromatic carbocycles. The number of methoxy groups -OCH3 is 1. The van der Waals surface area contributed by atoms with E-state index in [0.717, 1.165) is 0 Å². The minimum atomic E-state index is -0.573. The fraction of sp³-hybridized carbons (Fsp3) is 0.100. The molecule has 1 amide bonds. The van der Waals surface area contributed by atoms with Crippen LogP contribution < -0.4 is 10.6 Å². The molecule has 28 heavy (non-hydrogen) atoms. The SMILES string of the molecule is COC(=O)c1ccccc1NC(=O)c1cc(Nc2ccccc2F)nc(C)n1. The third-order valence-electron chi connectivity index (χ3n) is 3.79. The number of ether oxygens (including phenoxy) is 1. The monoisotopic (exact) mass is 380 g/mol. The van der Waals surface area contributed by atoms with E-state index in [4.69, 9.17) is 4.74 Å². The van der Waals surface area contributed by atoms with Gasteiger partial charge in [0.15, 0.2) is 0 Å². The second-order valence-corrected chi connectivity index (χ2v) is 5.78. The Bertz CT molecular complexity index is 1040. The zero-order valence-corrected chi connectivity index (χ0v) is 15.2. The predicted molar refractivity (Wildman–Crippen MR) is 102 cm³/mol. The molecule has 2 N–H and O–H groups in total. The number of nitrogens with zero attached hydrogens (tertiary/aromatic N) is 2. The van der Waals surface area contributed by atoms with Gasteiger partial charge in [-0.2, -0.15) is 0 Å². The number of benzene rings is 2. The third-order valence-corrected chi connectivity index (χ3v) is 3.79. The van der Waals surface area contributed by atoms with Crippen LogP contribution in [-0.4, -0.2) is 29.0 Å². The number of hydrogen-bond acceptors (Lipinski definition) is 6. The first kappa shape index (κ1) is 19.0. The van der Waals surface area contributed by atoms with Crippen molar-refractivity contribution in [2.45, 2.75) is 6.92 Å². The van der Waals surface area contributed by atoms with Gasteiger partial charge in [-0.25, -0.2) is 19.2 Å². The molecule has 3 rings (SSSR count). The van der Waals surface area contributed by atoms with Crippen molar-refractivity contribution < 1.29 is 18.7 Å². The van der Waals surface area contributed by atoms with E-state index in [1.165, 1.54) is 25.3 Å². The molecule has 0 aliphatic rings. The van der Waals surface area contributed by atoms with Gasteiger partial charge in [-0.3, -0.25) is 4.79 Å². The number of anilines is 3. The van der Waals surface area contributed by atoms with E-state index in [1.54, 1.807) is 43.3 Å². The maximum atomic E-state index is 13.8. The number of carbonyl (C=O) groups excluding carboxylic acids is 2. The fourth-order valence-corrected chi connectivity index (χ4v) is 2.52. The Labute approximate surface area is 160 Å². The van der Waals surface area contributed by atoms with E-state index in [2.05, 4.69) is 20.6 Å². The van der Waals surface area contributed by atoms with Crippen LogP contribution in [0.25, 0.3) is 0 Å². The summed E-state index contributed by atoms with van der Waals surface area (Å²) in [6.45, 7) is 1.62. The molecule has 0 radical (unpaired) electrons. The Morgan fingerprint density at radius 1 is 1.00 bits per heavy atom. The molecule has 0 spiro atoms.